The minimum absolute atomic E-state index is 0.104. The van der Waals surface area contributed by atoms with E-state index in [1.165, 1.54) is 0 Å². The molecule has 1 N–H and O–H groups in total. The molecule has 0 bridgehead atoms. The average molecular weight is 190 g/mol. The van der Waals surface area contributed by atoms with Crippen molar-refractivity contribution >= 4 is 9.84 Å². The number of hydrogen-bond acceptors (Lipinski definition) is 3. The highest BCUT2D eigenvalue weighted by Gasteiger charge is 2.38. The molecule has 1 fully saturated rings. The van der Waals surface area contributed by atoms with Gasteiger partial charge < -0.3 is 5.11 Å². The first-order valence-electron chi connectivity index (χ1n) is 3.92. The van der Waals surface area contributed by atoms with Crippen molar-refractivity contribution in [1.82, 2.24) is 0 Å². The van der Waals surface area contributed by atoms with Crippen molar-refractivity contribution in [3.8, 4) is 0 Å². The van der Waals surface area contributed by atoms with E-state index in [9.17, 15) is 13.5 Å². The van der Waals surface area contributed by atoms with E-state index in [0.717, 1.165) is 5.57 Å². The van der Waals surface area contributed by atoms with Gasteiger partial charge in [-0.05, 0) is 20.3 Å². The molecule has 4 heteroatoms. The van der Waals surface area contributed by atoms with Crippen molar-refractivity contribution in [3.63, 3.8) is 0 Å². The van der Waals surface area contributed by atoms with Gasteiger partial charge >= 0.3 is 0 Å². The van der Waals surface area contributed by atoms with Gasteiger partial charge in [-0.2, -0.15) is 0 Å². The van der Waals surface area contributed by atoms with Crippen molar-refractivity contribution in [2.24, 2.45) is 0 Å². The maximum atomic E-state index is 11.0. The minimum Gasteiger partial charge on any atom is -0.385 e. The molecule has 0 aliphatic carbocycles. The van der Waals surface area contributed by atoms with Gasteiger partial charge in [-0.3, -0.25) is 0 Å². The monoisotopic (exact) mass is 190 g/mol. The molecule has 1 heterocycles. The molecule has 70 valence electrons. The molecule has 1 aliphatic heterocycles. The predicted octanol–water partition coefficient (Wildman–Crippen LogP) is 0.502. The standard InChI is InChI=1S/C8H14O3S/c1-7(2)5-8(9)3-4-12(10,11)6-8/h5,9H,3-4,6H2,1-2H3. The first-order valence-corrected chi connectivity index (χ1v) is 5.74. The van der Waals surface area contributed by atoms with Crippen LogP contribution in [0.25, 0.3) is 0 Å². The first kappa shape index (κ1) is 9.74. The summed E-state index contributed by atoms with van der Waals surface area (Å²) in [6.45, 7) is 3.70. The van der Waals surface area contributed by atoms with Crippen LogP contribution < -0.4 is 0 Å². The lowest BCUT2D eigenvalue weighted by atomic mass is 10.0. The Morgan fingerprint density at radius 1 is 1.50 bits per heavy atom. The fourth-order valence-corrected chi connectivity index (χ4v) is 3.31. The normalized spacial score (nSPS) is 33.2. The highest BCUT2D eigenvalue weighted by molar-refractivity contribution is 7.91. The van der Waals surface area contributed by atoms with Gasteiger partial charge in [0.25, 0.3) is 0 Å². The smallest absolute Gasteiger partial charge is 0.153 e. The van der Waals surface area contributed by atoms with Crippen LogP contribution in [0.1, 0.15) is 20.3 Å². The zero-order chi connectivity index (χ0) is 9.41. The molecular weight excluding hydrogens is 176 g/mol. The van der Waals surface area contributed by atoms with Gasteiger partial charge in [-0.25, -0.2) is 8.42 Å². The number of rotatable bonds is 1. The topological polar surface area (TPSA) is 54.4 Å². The fourth-order valence-electron chi connectivity index (χ4n) is 1.51. The maximum Gasteiger partial charge on any atom is 0.153 e. The molecule has 0 aromatic heterocycles. The Labute approximate surface area is 73.0 Å². The van der Waals surface area contributed by atoms with E-state index in [-0.39, 0.29) is 11.5 Å². The molecule has 0 aromatic carbocycles. The summed E-state index contributed by atoms with van der Waals surface area (Å²) in [7, 11) is -2.99. The van der Waals surface area contributed by atoms with Crippen LogP contribution in [0.5, 0.6) is 0 Å². The molecule has 0 spiro atoms. The zero-order valence-electron chi connectivity index (χ0n) is 7.37. The van der Waals surface area contributed by atoms with Crippen LogP contribution in [0.2, 0.25) is 0 Å². The van der Waals surface area contributed by atoms with Crippen LogP contribution in [-0.4, -0.2) is 30.6 Å². The third-order valence-electron chi connectivity index (χ3n) is 1.87. The Kier molecular flexibility index (Phi) is 2.31. The summed E-state index contributed by atoms with van der Waals surface area (Å²) < 4.78 is 22.1. The van der Waals surface area contributed by atoms with Gasteiger partial charge in [-0.1, -0.05) is 11.6 Å². The molecule has 0 saturated carbocycles. The molecule has 1 rings (SSSR count). The molecule has 1 unspecified atom stereocenters. The van der Waals surface area contributed by atoms with Crippen LogP contribution in [-0.2, 0) is 9.84 Å². The fraction of sp³-hybridized carbons (Fsp3) is 0.750. The molecule has 12 heavy (non-hydrogen) atoms. The van der Waals surface area contributed by atoms with Gasteiger partial charge in [-0.15, -0.1) is 0 Å². The third-order valence-corrected chi connectivity index (χ3v) is 3.64. The summed E-state index contributed by atoms with van der Waals surface area (Å²) in [6.07, 6.45) is 1.97. The van der Waals surface area contributed by atoms with Gasteiger partial charge in [0.15, 0.2) is 9.84 Å². The van der Waals surface area contributed by atoms with E-state index < -0.39 is 15.4 Å². The van der Waals surface area contributed by atoms with Gasteiger partial charge in [0.1, 0.15) is 0 Å². The van der Waals surface area contributed by atoms with Crippen molar-refractivity contribution in [3.05, 3.63) is 11.6 Å². The summed E-state index contributed by atoms with van der Waals surface area (Å²) in [5.74, 6) is -0.0154. The number of allylic oxidation sites excluding steroid dienone is 1. The summed E-state index contributed by atoms with van der Waals surface area (Å²) in [4.78, 5) is 0. The lowest BCUT2D eigenvalue weighted by Crippen LogP contribution is -2.27. The van der Waals surface area contributed by atoms with E-state index >= 15 is 0 Å². The van der Waals surface area contributed by atoms with Crippen molar-refractivity contribution in [2.75, 3.05) is 11.5 Å². The third kappa shape index (κ3) is 2.32. The molecule has 0 radical (unpaired) electrons. The summed E-state index contributed by atoms with van der Waals surface area (Å²) in [5.41, 5.74) is -0.146. The second-order valence-corrected chi connectivity index (χ2v) is 5.85. The average Bonchev–Trinajstić information content (AvgIpc) is 2.03. The van der Waals surface area contributed by atoms with Crippen LogP contribution in [0.4, 0.5) is 0 Å². The van der Waals surface area contributed by atoms with E-state index in [4.69, 9.17) is 0 Å². The Balaban J connectivity index is 2.86. The van der Waals surface area contributed by atoms with Crippen LogP contribution in [0.3, 0.4) is 0 Å². The Bertz CT molecular complexity index is 298. The highest BCUT2D eigenvalue weighted by Crippen LogP contribution is 2.25. The molecule has 1 atom stereocenters. The van der Waals surface area contributed by atoms with E-state index in [0.29, 0.717) is 6.42 Å². The molecule has 0 amide bonds. The second-order valence-electron chi connectivity index (χ2n) is 3.67. The van der Waals surface area contributed by atoms with Gasteiger partial charge in [0.2, 0.25) is 0 Å². The van der Waals surface area contributed by atoms with Crippen LogP contribution >= 0.6 is 0 Å². The Morgan fingerprint density at radius 3 is 2.42 bits per heavy atom. The highest BCUT2D eigenvalue weighted by atomic mass is 32.2. The van der Waals surface area contributed by atoms with Crippen LogP contribution in [0.15, 0.2) is 11.6 Å². The minimum atomic E-state index is -2.99. The van der Waals surface area contributed by atoms with Gasteiger partial charge in [0, 0.05) is 0 Å². The second kappa shape index (κ2) is 2.85. The SMILES string of the molecule is CC(C)=CC1(O)CCS(=O)(=O)C1. The van der Waals surface area contributed by atoms with E-state index in [2.05, 4.69) is 0 Å². The van der Waals surface area contributed by atoms with Crippen LogP contribution in [0, 0.1) is 0 Å². The van der Waals surface area contributed by atoms with E-state index in [1.807, 2.05) is 13.8 Å². The quantitative estimate of drug-likeness (QED) is 0.613. The molecule has 1 saturated heterocycles. The maximum absolute atomic E-state index is 11.0. The van der Waals surface area contributed by atoms with Crippen molar-refractivity contribution in [2.45, 2.75) is 25.9 Å². The lowest BCUT2D eigenvalue weighted by Gasteiger charge is -2.15. The zero-order valence-corrected chi connectivity index (χ0v) is 8.19. The van der Waals surface area contributed by atoms with Gasteiger partial charge in [0.05, 0.1) is 17.1 Å². The number of hydrogen-bond donors (Lipinski definition) is 1. The predicted molar refractivity (Wildman–Crippen MR) is 47.7 cm³/mol. The number of aliphatic hydroxyl groups is 1. The van der Waals surface area contributed by atoms with E-state index in [1.54, 1.807) is 6.08 Å². The molecule has 1 aliphatic rings. The summed E-state index contributed by atoms with van der Waals surface area (Å²) in [6, 6.07) is 0. The van der Waals surface area contributed by atoms with Crippen molar-refractivity contribution in [1.29, 1.82) is 0 Å². The largest absolute Gasteiger partial charge is 0.385 e. The summed E-state index contributed by atoms with van der Waals surface area (Å²) >= 11 is 0. The Hall–Kier alpha value is -0.350. The Morgan fingerprint density at radius 2 is 2.08 bits per heavy atom. The molecule has 3 nitrogen and oxygen atoms in total. The molecule has 0 aromatic rings. The summed E-state index contributed by atoms with van der Waals surface area (Å²) in [5, 5.41) is 9.74. The molecular formula is C8H14O3S. The lowest BCUT2D eigenvalue weighted by molar-refractivity contribution is 0.119. The van der Waals surface area contributed by atoms with Crippen molar-refractivity contribution < 1.29 is 13.5 Å². The first-order chi connectivity index (χ1) is 5.33. The number of sulfone groups is 1.